The van der Waals surface area contributed by atoms with Crippen LogP contribution < -0.4 is 4.74 Å². The van der Waals surface area contributed by atoms with Gasteiger partial charge in [0.05, 0.1) is 7.11 Å². The number of methoxy groups -OCH3 is 1. The SMILES string of the molecule is C=C(CBr)c1ccnc(OC)c1. The van der Waals surface area contributed by atoms with Crippen molar-refractivity contribution in [3.63, 3.8) is 0 Å². The first-order valence-corrected chi connectivity index (χ1v) is 4.64. The molecule has 0 amide bonds. The van der Waals surface area contributed by atoms with Crippen molar-refractivity contribution < 1.29 is 4.74 Å². The summed E-state index contributed by atoms with van der Waals surface area (Å²) in [5, 5.41) is 0.764. The molecule has 0 aliphatic heterocycles. The second-order valence-electron chi connectivity index (χ2n) is 2.32. The number of pyridine rings is 1. The van der Waals surface area contributed by atoms with E-state index in [2.05, 4.69) is 27.5 Å². The number of hydrogen-bond donors (Lipinski definition) is 0. The number of ether oxygens (including phenoxy) is 1. The lowest BCUT2D eigenvalue weighted by Gasteiger charge is -2.03. The van der Waals surface area contributed by atoms with Gasteiger partial charge in [-0.05, 0) is 17.2 Å². The molecule has 1 aromatic heterocycles. The van der Waals surface area contributed by atoms with Gasteiger partial charge in [0.1, 0.15) is 0 Å². The molecule has 0 aromatic carbocycles. The van der Waals surface area contributed by atoms with Gasteiger partial charge in [-0.3, -0.25) is 0 Å². The molecule has 0 unspecified atom stereocenters. The number of hydrogen-bond acceptors (Lipinski definition) is 2. The van der Waals surface area contributed by atoms with E-state index in [0.717, 1.165) is 16.5 Å². The molecule has 0 radical (unpaired) electrons. The molecule has 0 aliphatic rings. The molecule has 0 bridgehead atoms. The summed E-state index contributed by atoms with van der Waals surface area (Å²) in [5.41, 5.74) is 2.08. The van der Waals surface area contributed by atoms with Crippen molar-refractivity contribution in [1.82, 2.24) is 4.98 Å². The van der Waals surface area contributed by atoms with Gasteiger partial charge in [-0.15, -0.1) is 0 Å². The average molecular weight is 228 g/mol. The number of allylic oxidation sites excluding steroid dienone is 1. The molecule has 0 saturated heterocycles. The Bertz CT molecular complexity index is 286. The van der Waals surface area contributed by atoms with E-state index in [0.29, 0.717) is 5.88 Å². The third-order valence-electron chi connectivity index (χ3n) is 1.51. The summed E-state index contributed by atoms with van der Waals surface area (Å²) in [5.74, 6) is 0.620. The van der Waals surface area contributed by atoms with E-state index in [1.165, 1.54) is 0 Å². The molecular weight excluding hydrogens is 218 g/mol. The van der Waals surface area contributed by atoms with Crippen LogP contribution in [-0.4, -0.2) is 17.4 Å². The number of nitrogens with zero attached hydrogens (tertiary/aromatic N) is 1. The maximum Gasteiger partial charge on any atom is 0.213 e. The van der Waals surface area contributed by atoms with E-state index in [9.17, 15) is 0 Å². The Hall–Kier alpha value is -0.830. The predicted octanol–water partition coefficient (Wildman–Crippen LogP) is 2.50. The number of halogens is 1. The highest BCUT2D eigenvalue weighted by molar-refractivity contribution is 9.09. The van der Waals surface area contributed by atoms with Crippen molar-refractivity contribution in [2.24, 2.45) is 0 Å². The van der Waals surface area contributed by atoms with Crippen LogP contribution in [0.1, 0.15) is 5.56 Å². The molecule has 0 atom stereocenters. The molecule has 0 fully saturated rings. The van der Waals surface area contributed by atoms with E-state index in [1.807, 2.05) is 12.1 Å². The minimum absolute atomic E-state index is 0.620. The van der Waals surface area contributed by atoms with E-state index >= 15 is 0 Å². The minimum Gasteiger partial charge on any atom is -0.481 e. The molecule has 2 nitrogen and oxygen atoms in total. The Balaban J connectivity index is 2.93. The molecule has 3 heteroatoms. The standard InChI is InChI=1S/C9H10BrNO/c1-7(6-10)8-3-4-11-9(5-8)12-2/h3-5H,1,6H2,2H3. The summed E-state index contributed by atoms with van der Waals surface area (Å²) in [6.45, 7) is 3.89. The third kappa shape index (κ3) is 2.08. The quantitative estimate of drug-likeness (QED) is 0.741. The van der Waals surface area contributed by atoms with Crippen LogP contribution in [0.15, 0.2) is 24.9 Å². The van der Waals surface area contributed by atoms with Gasteiger partial charge in [0.15, 0.2) is 0 Å². The molecule has 0 aliphatic carbocycles. The lowest BCUT2D eigenvalue weighted by Crippen LogP contribution is -1.89. The highest BCUT2D eigenvalue weighted by Gasteiger charge is 1.98. The van der Waals surface area contributed by atoms with Crippen molar-refractivity contribution in [2.75, 3.05) is 12.4 Å². The van der Waals surface area contributed by atoms with Gasteiger partial charge in [0.2, 0.25) is 5.88 Å². The van der Waals surface area contributed by atoms with Crippen molar-refractivity contribution in [1.29, 1.82) is 0 Å². The molecule has 0 spiro atoms. The van der Waals surface area contributed by atoms with Crippen LogP contribution in [0.5, 0.6) is 5.88 Å². The third-order valence-corrected chi connectivity index (χ3v) is 2.19. The first-order chi connectivity index (χ1) is 5.77. The summed E-state index contributed by atoms with van der Waals surface area (Å²) < 4.78 is 4.98. The number of alkyl halides is 1. The fourth-order valence-corrected chi connectivity index (χ4v) is 1.14. The second kappa shape index (κ2) is 4.26. The van der Waals surface area contributed by atoms with Gasteiger partial charge in [-0.25, -0.2) is 4.98 Å². The topological polar surface area (TPSA) is 22.1 Å². The normalized spacial score (nSPS) is 9.50. The average Bonchev–Trinajstić information content (AvgIpc) is 2.17. The monoisotopic (exact) mass is 227 g/mol. The minimum atomic E-state index is 0.620. The predicted molar refractivity (Wildman–Crippen MR) is 53.6 cm³/mol. The highest BCUT2D eigenvalue weighted by Crippen LogP contribution is 2.17. The fourth-order valence-electron chi connectivity index (χ4n) is 0.818. The fraction of sp³-hybridized carbons (Fsp3) is 0.222. The smallest absolute Gasteiger partial charge is 0.213 e. The first-order valence-electron chi connectivity index (χ1n) is 3.52. The van der Waals surface area contributed by atoms with Crippen LogP contribution in [0.3, 0.4) is 0 Å². The van der Waals surface area contributed by atoms with Crippen molar-refractivity contribution in [3.05, 3.63) is 30.5 Å². The maximum atomic E-state index is 4.98. The highest BCUT2D eigenvalue weighted by atomic mass is 79.9. The summed E-state index contributed by atoms with van der Waals surface area (Å²) in [7, 11) is 1.60. The van der Waals surface area contributed by atoms with Crippen molar-refractivity contribution >= 4 is 21.5 Å². The Morgan fingerprint density at radius 3 is 3.08 bits per heavy atom. The lowest BCUT2D eigenvalue weighted by atomic mass is 10.1. The summed E-state index contributed by atoms with van der Waals surface area (Å²) in [4.78, 5) is 4.00. The Labute approximate surface area is 80.4 Å². The van der Waals surface area contributed by atoms with E-state index in [1.54, 1.807) is 13.3 Å². The van der Waals surface area contributed by atoms with Gasteiger partial charge in [0, 0.05) is 17.6 Å². The van der Waals surface area contributed by atoms with Crippen molar-refractivity contribution in [2.45, 2.75) is 0 Å². The molecule has 12 heavy (non-hydrogen) atoms. The molecule has 1 rings (SSSR count). The first kappa shape index (κ1) is 9.26. The molecule has 0 N–H and O–H groups in total. The Kier molecular flexibility index (Phi) is 3.29. The molecule has 1 heterocycles. The van der Waals surface area contributed by atoms with Crippen LogP contribution in [-0.2, 0) is 0 Å². The van der Waals surface area contributed by atoms with Crippen LogP contribution in [0.2, 0.25) is 0 Å². The van der Waals surface area contributed by atoms with Gasteiger partial charge >= 0.3 is 0 Å². The second-order valence-corrected chi connectivity index (χ2v) is 2.88. The zero-order chi connectivity index (χ0) is 8.97. The lowest BCUT2D eigenvalue weighted by molar-refractivity contribution is 0.398. The summed E-state index contributed by atoms with van der Waals surface area (Å²) >= 11 is 3.34. The van der Waals surface area contributed by atoms with E-state index in [4.69, 9.17) is 4.74 Å². The van der Waals surface area contributed by atoms with Crippen LogP contribution in [0.4, 0.5) is 0 Å². The van der Waals surface area contributed by atoms with Crippen LogP contribution in [0.25, 0.3) is 5.57 Å². The van der Waals surface area contributed by atoms with E-state index in [-0.39, 0.29) is 0 Å². The van der Waals surface area contributed by atoms with E-state index < -0.39 is 0 Å². The summed E-state index contributed by atoms with van der Waals surface area (Å²) in [6.07, 6.45) is 1.71. The van der Waals surface area contributed by atoms with Crippen LogP contribution >= 0.6 is 15.9 Å². The zero-order valence-corrected chi connectivity index (χ0v) is 8.47. The Morgan fingerprint density at radius 2 is 2.50 bits per heavy atom. The Morgan fingerprint density at radius 1 is 1.75 bits per heavy atom. The van der Waals surface area contributed by atoms with Gasteiger partial charge in [0.25, 0.3) is 0 Å². The molecular formula is C9H10BrNO. The van der Waals surface area contributed by atoms with Crippen molar-refractivity contribution in [3.8, 4) is 5.88 Å². The van der Waals surface area contributed by atoms with Gasteiger partial charge in [-0.1, -0.05) is 22.5 Å². The van der Waals surface area contributed by atoms with Gasteiger partial charge in [-0.2, -0.15) is 0 Å². The largest absolute Gasteiger partial charge is 0.481 e. The van der Waals surface area contributed by atoms with Gasteiger partial charge < -0.3 is 4.74 Å². The number of rotatable bonds is 3. The molecule has 0 saturated carbocycles. The zero-order valence-electron chi connectivity index (χ0n) is 6.88. The van der Waals surface area contributed by atoms with Crippen LogP contribution in [0, 0.1) is 0 Å². The maximum absolute atomic E-state index is 4.98. The number of aromatic nitrogens is 1. The molecule has 64 valence electrons. The summed E-state index contributed by atoms with van der Waals surface area (Å²) in [6, 6.07) is 3.77. The molecule has 1 aromatic rings.